The summed E-state index contributed by atoms with van der Waals surface area (Å²) < 4.78 is 75.2. The summed E-state index contributed by atoms with van der Waals surface area (Å²) in [5, 5.41) is 15.4. The Kier molecular flexibility index (Phi) is 5.38. The molecule has 2 atom stereocenters. The van der Waals surface area contributed by atoms with Gasteiger partial charge < -0.3 is 0 Å². The van der Waals surface area contributed by atoms with Crippen molar-refractivity contribution < 1.29 is 31.2 Å². The van der Waals surface area contributed by atoms with Crippen molar-refractivity contribution in [1.29, 1.82) is 10.7 Å². The lowest BCUT2D eigenvalue weighted by Gasteiger charge is -2.16. The number of benzene rings is 1. The highest BCUT2D eigenvalue weighted by Gasteiger charge is 2.43. The van der Waals surface area contributed by atoms with Crippen LogP contribution in [-0.2, 0) is 17.0 Å². The summed E-state index contributed by atoms with van der Waals surface area (Å²) in [6, 6.07) is 2.55. The first-order valence-corrected chi connectivity index (χ1v) is 8.09. The number of nitrogens with zero attached hydrogens (tertiary/aromatic N) is 1. The molecule has 5 nitrogen and oxygen atoms in total. The number of hydrogen-bond acceptors (Lipinski definition) is 4. The maximum atomic E-state index is 12.8. The van der Waals surface area contributed by atoms with Crippen LogP contribution in [0.15, 0.2) is 22.7 Å². The molecular weight excluding hydrogens is 414 g/mol. The van der Waals surface area contributed by atoms with E-state index in [0.29, 0.717) is 12.1 Å². The molecule has 0 aliphatic carbocycles. The van der Waals surface area contributed by atoms with Gasteiger partial charge in [0.2, 0.25) is 0 Å². The predicted octanol–water partition coefficient (Wildman–Crippen LogP) is 2.73. The monoisotopic (exact) mass is 419 g/mol. The molecule has 1 heterocycles. The molecule has 134 valence electrons. The van der Waals surface area contributed by atoms with Crippen LogP contribution in [0.4, 0.5) is 27.6 Å². The molecule has 13 heteroatoms. The first-order valence-electron chi connectivity index (χ1n) is 6.12. The van der Waals surface area contributed by atoms with E-state index in [4.69, 9.17) is 33.9 Å². The summed E-state index contributed by atoms with van der Waals surface area (Å²) in [7, 11) is -2.98. The summed E-state index contributed by atoms with van der Waals surface area (Å²) >= 11 is 11.6. The van der Waals surface area contributed by atoms with E-state index in [1.165, 1.54) is 6.07 Å². The van der Waals surface area contributed by atoms with Gasteiger partial charge in [-0.15, -0.1) is 0 Å². The van der Waals surface area contributed by atoms with Crippen LogP contribution >= 0.6 is 23.2 Å². The van der Waals surface area contributed by atoms with Crippen LogP contribution < -0.4 is 10.4 Å². The van der Waals surface area contributed by atoms with Crippen LogP contribution in [0.2, 0.25) is 10.0 Å². The second-order valence-corrected chi connectivity index (χ2v) is 6.74. The normalized spacial score (nSPS) is 19.2. The van der Waals surface area contributed by atoms with Crippen LogP contribution in [0.1, 0.15) is 5.56 Å². The molecule has 0 radical (unpaired) electrons. The van der Waals surface area contributed by atoms with Gasteiger partial charge in [0, 0.05) is 0 Å². The van der Waals surface area contributed by atoms with Gasteiger partial charge in [-0.1, -0.05) is 23.2 Å². The van der Waals surface area contributed by atoms with E-state index >= 15 is 0 Å². The van der Waals surface area contributed by atoms with Crippen molar-refractivity contribution in [2.75, 3.05) is 0 Å². The largest absolute Gasteiger partial charge is 0.416 e. The topological polar surface area (TPSA) is 81.2 Å². The fourth-order valence-electron chi connectivity index (χ4n) is 2.01. The lowest BCUT2D eigenvalue weighted by Crippen LogP contribution is -3.14. The van der Waals surface area contributed by atoms with Crippen molar-refractivity contribution in [3.63, 3.8) is 0 Å². The third kappa shape index (κ3) is 3.62. The standard InChI is InChI=1S/C12H5Cl2F5N4OS/c13-5-1-4(12(17,18)19)2-6(14)8(5)23-10(21)9(7(3-20)22-23)25(24)11(15)16/h1-2,11,21-22H/p+1/t25-/m0/s1. The Labute approximate surface area is 149 Å². The van der Waals surface area contributed by atoms with Crippen LogP contribution in [0.5, 0.6) is 0 Å². The number of rotatable bonds is 3. The molecule has 25 heavy (non-hydrogen) atoms. The lowest BCUT2D eigenvalue weighted by molar-refractivity contribution is -0.774. The molecule has 0 saturated heterocycles. The molecule has 0 aromatic heterocycles. The van der Waals surface area contributed by atoms with Crippen molar-refractivity contribution in [1.82, 2.24) is 5.43 Å². The third-order valence-corrected chi connectivity index (χ3v) is 4.78. The molecule has 0 fully saturated rings. The highest BCUT2D eigenvalue weighted by atomic mass is 35.5. The van der Waals surface area contributed by atoms with E-state index < -0.39 is 54.8 Å². The van der Waals surface area contributed by atoms with Gasteiger partial charge in [-0.25, -0.2) is 15.0 Å². The fourth-order valence-corrected chi connectivity index (χ4v) is 3.47. The SMILES string of the molecule is N#CC1=C([S@](=O)C(F)F)C(=N)[NH+](c2c(Cl)cc(C(F)(F)F)cc2Cl)N1. The Morgan fingerprint density at radius 1 is 1.28 bits per heavy atom. The predicted molar refractivity (Wildman–Crippen MR) is 79.7 cm³/mol. The Morgan fingerprint density at radius 3 is 2.20 bits per heavy atom. The van der Waals surface area contributed by atoms with Gasteiger partial charge in [-0.05, 0) is 12.1 Å². The lowest BCUT2D eigenvalue weighted by atomic mass is 10.2. The zero-order chi connectivity index (χ0) is 19.1. The van der Waals surface area contributed by atoms with Gasteiger partial charge in [0.05, 0.1) is 5.56 Å². The molecule has 1 aliphatic heterocycles. The number of hydrogen-bond donors (Lipinski definition) is 3. The molecule has 0 amide bonds. The Morgan fingerprint density at radius 2 is 1.80 bits per heavy atom. The first kappa shape index (κ1) is 19.6. The Bertz CT molecular complexity index is 826. The molecule has 1 aromatic carbocycles. The Balaban J connectivity index is 2.51. The molecule has 3 N–H and O–H groups in total. The number of allylic oxidation sites excluding steroid dienone is 1. The minimum absolute atomic E-state index is 0.296. The highest BCUT2D eigenvalue weighted by Crippen LogP contribution is 2.37. The quantitative estimate of drug-likeness (QED) is 0.658. The highest BCUT2D eigenvalue weighted by molar-refractivity contribution is 7.90. The molecule has 0 spiro atoms. The number of amidine groups is 1. The van der Waals surface area contributed by atoms with Crippen LogP contribution in [-0.4, -0.2) is 15.8 Å². The van der Waals surface area contributed by atoms with Gasteiger partial charge in [0.25, 0.3) is 5.84 Å². The molecule has 0 saturated carbocycles. The van der Waals surface area contributed by atoms with Crippen molar-refractivity contribution >= 4 is 45.5 Å². The van der Waals surface area contributed by atoms with Crippen molar-refractivity contribution in [2.45, 2.75) is 11.9 Å². The summed E-state index contributed by atoms with van der Waals surface area (Å²) in [5.74, 6) is -4.13. The van der Waals surface area contributed by atoms with Gasteiger partial charge in [-0.3, -0.25) is 0 Å². The van der Waals surface area contributed by atoms with E-state index in [0.717, 1.165) is 0 Å². The smallest absolute Gasteiger partial charge is 0.248 e. The second-order valence-electron chi connectivity index (χ2n) is 4.56. The van der Waals surface area contributed by atoms with Crippen molar-refractivity contribution in [3.8, 4) is 6.07 Å². The van der Waals surface area contributed by atoms with Gasteiger partial charge in [-0.2, -0.15) is 32.2 Å². The number of nitrogens with one attached hydrogen (secondary N) is 3. The van der Waals surface area contributed by atoms with Gasteiger partial charge in [0.1, 0.15) is 26.9 Å². The van der Waals surface area contributed by atoms with Crippen LogP contribution in [0, 0.1) is 16.7 Å². The summed E-state index contributed by atoms with van der Waals surface area (Å²) in [5.41, 5.74) is 0.227. The Hall–Kier alpha value is -1.74. The average Bonchev–Trinajstić information content (AvgIpc) is 2.81. The second kappa shape index (κ2) is 6.87. The zero-order valence-electron chi connectivity index (χ0n) is 11.6. The van der Waals surface area contributed by atoms with E-state index in [1.54, 1.807) is 0 Å². The maximum absolute atomic E-state index is 12.8. The maximum Gasteiger partial charge on any atom is 0.416 e. The van der Waals surface area contributed by atoms with Gasteiger partial charge >= 0.3 is 11.9 Å². The minimum atomic E-state index is -4.73. The summed E-state index contributed by atoms with van der Waals surface area (Å²) in [6.45, 7) is 0. The molecule has 1 unspecified atom stereocenters. The number of alkyl halides is 5. The average molecular weight is 420 g/mol. The van der Waals surface area contributed by atoms with E-state index in [9.17, 15) is 26.2 Å². The van der Waals surface area contributed by atoms with E-state index in [-0.39, 0.29) is 10.7 Å². The first-order chi connectivity index (χ1) is 11.5. The van der Waals surface area contributed by atoms with Crippen molar-refractivity contribution in [2.24, 2.45) is 0 Å². The third-order valence-electron chi connectivity index (χ3n) is 3.05. The zero-order valence-corrected chi connectivity index (χ0v) is 14.0. The molecular formula is C12H6Cl2F5N4OS+. The molecule has 0 bridgehead atoms. The number of nitriles is 1. The van der Waals surface area contributed by atoms with Crippen molar-refractivity contribution in [3.05, 3.63) is 38.3 Å². The number of halogens is 7. The molecule has 1 aromatic rings. The van der Waals surface area contributed by atoms with E-state index in [2.05, 4.69) is 5.43 Å². The fraction of sp³-hybridized carbons (Fsp3) is 0.167. The summed E-state index contributed by atoms with van der Waals surface area (Å²) in [6.07, 6.45) is -4.73. The van der Waals surface area contributed by atoms with E-state index in [1.807, 2.05) is 0 Å². The van der Waals surface area contributed by atoms with Crippen LogP contribution in [0.25, 0.3) is 0 Å². The summed E-state index contributed by atoms with van der Waals surface area (Å²) in [4.78, 5) is -0.778. The van der Waals surface area contributed by atoms with Crippen LogP contribution in [0.3, 0.4) is 0 Å². The minimum Gasteiger partial charge on any atom is -0.248 e. The molecule has 2 rings (SSSR count). The number of quaternary nitrogens is 1. The van der Waals surface area contributed by atoms with Gasteiger partial charge in [0.15, 0.2) is 16.3 Å². The molecule has 1 aliphatic rings.